The van der Waals surface area contributed by atoms with E-state index in [1.165, 1.54) is 12.8 Å². The number of rotatable bonds is 10. The maximum Gasteiger partial charge on any atom is 0.207 e. The lowest BCUT2D eigenvalue weighted by Crippen LogP contribution is -2.47. The Morgan fingerprint density at radius 2 is 1.88 bits per heavy atom. The van der Waals surface area contributed by atoms with Gasteiger partial charge in [0.15, 0.2) is 0 Å². The zero-order valence-electron chi connectivity index (χ0n) is 15.9. The van der Waals surface area contributed by atoms with E-state index in [2.05, 4.69) is 48.1 Å². The van der Waals surface area contributed by atoms with Crippen molar-refractivity contribution in [3.8, 4) is 5.75 Å². The maximum absolute atomic E-state index is 11.0. The molecule has 0 aromatic heterocycles. The lowest BCUT2D eigenvalue weighted by atomic mass is 10.1. The topological polar surface area (TPSA) is 44.8 Å². The number of ether oxygens (including phenoxy) is 1. The molecule has 0 spiro atoms. The molecule has 2 rings (SSSR count). The van der Waals surface area contributed by atoms with Gasteiger partial charge < -0.3 is 15.0 Å². The van der Waals surface area contributed by atoms with Gasteiger partial charge in [-0.1, -0.05) is 32.4 Å². The summed E-state index contributed by atoms with van der Waals surface area (Å²) < 4.78 is 5.87. The van der Waals surface area contributed by atoms with Crippen LogP contribution >= 0.6 is 0 Å². The van der Waals surface area contributed by atoms with Gasteiger partial charge in [-0.3, -0.25) is 9.69 Å². The third-order valence-electron chi connectivity index (χ3n) is 4.90. The van der Waals surface area contributed by atoms with E-state index in [9.17, 15) is 4.79 Å². The number of nitrogens with one attached hydrogen (secondary N) is 1. The second-order valence-electron chi connectivity index (χ2n) is 7.21. The highest BCUT2D eigenvalue weighted by Crippen LogP contribution is 2.20. The highest BCUT2D eigenvalue weighted by atomic mass is 16.5. The molecular weight excluding hydrogens is 314 g/mol. The fraction of sp³-hybridized carbons (Fsp3) is 0.650. The summed E-state index contributed by atoms with van der Waals surface area (Å²) in [6.45, 7) is 10.3. The fourth-order valence-electron chi connectivity index (χ4n) is 3.24. The van der Waals surface area contributed by atoms with Crippen molar-refractivity contribution in [3.63, 3.8) is 0 Å². The van der Waals surface area contributed by atoms with Gasteiger partial charge in [-0.15, -0.1) is 0 Å². The number of amides is 1. The van der Waals surface area contributed by atoms with Gasteiger partial charge in [-0.25, -0.2) is 0 Å². The van der Waals surface area contributed by atoms with Crippen molar-refractivity contribution in [1.29, 1.82) is 0 Å². The largest absolute Gasteiger partial charge is 0.493 e. The van der Waals surface area contributed by atoms with E-state index in [4.69, 9.17) is 4.74 Å². The van der Waals surface area contributed by atoms with Gasteiger partial charge in [0.25, 0.3) is 0 Å². The standard InChI is InChI=1S/C20H33N3O2/c1-4-5-17(2)15-25-19-8-6-18(7-9-19)20(21-16-24)14-23-12-10-22(3)11-13-23/h6-9,16-17,20H,4-5,10-15H2,1-3H3,(H,21,24)/t17?,20-/m0/s1. The SMILES string of the molecule is CCCC(C)COc1ccc([C@H](CN2CCN(C)CC2)NC=O)cc1. The first-order valence-corrected chi connectivity index (χ1v) is 9.45. The second-order valence-corrected chi connectivity index (χ2v) is 7.21. The van der Waals surface area contributed by atoms with Gasteiger partial charge in [-0.05, 0) is 37.1 Å². The first-order valence-electron chi connectivity index (χ1n) is 9.45. The molecule has 0 saturated carbocycles. The molecule has 1 aliphatic heterocycles. The van der Waals surface area contributed by atoms with Gasteiger partial charge in [0.2, 0.25) is 6.41 Å². The van der Waals surface area contributed by atoms with Crippen LogP contribution in [0.2, 0.25) is 0 Å². The molecule has 0 aliphatic carbocycles. The Kier molecular flexibility index (Phi) is 8.22. The highest BCUT2D eigenvalue weighted by molar-refractivity contribution is 5.48. The Morgan fingerprint density at radius 3 is 2.48 bits per heavy atom. The van der Waals surface area contributed by atoms with Gasteiger partial charge >= 0.3 is 0 Å². The maximum atomic E-state index is 11.0. The van der Waals surface area contributed by atoms with Crippen molar-refractivity contribution in [2.24, 2.45) is 5.92 Å². The number of carbonyl (C=O) groups excluding carboxylic acids is 1. The molecule has 25 heavy (non-hydrogen) atoms. The molecule has 1 fully saturated rings. The van der Waals surface area contributed by atoms with Crippen LogP contribution in [0.1, 0.15) is 38.3 Å². The normalized spacial score (nSPS) is 18.5. The third-order valence-corrected chi connectivity index (χ3v) is 4.90. The van der Waals surface area contributed by atoms with Crippen molar-refractivity contribution < 1.29 is 9.53 Å². The molecule has 0 radical (unpaired) electrons. The zero-order valence-corrected chi connectivity index (χ0v) is 15.9. The molecule has 1 amide bonds. The zero-order chi connectivity index (χ0) is 18.1. The summed E-state index contributed by atoms with van der Waals surface area (Å²) in [7, 11) is 2.15. The molecular formula is C20H33N3O2. The van der Waals surface area contributed by atoms with Crippen LogP contribution in [0.5, 0.6) is 5.75 Å². The highest BCUT2D eigenvalue weighted by Gasteiger charge is 2.19. The summed E-state index contributed by atoms with van der Waals surface area (Å²) in [6, 6.07) is 8.18. The van der Waals surface area contributed by atoms with Crippen LogP contribution in [-0.2, 0) is 4.79 Å². The minimum Gasteiger partial charge on any atom is -0.493 e. The Balaban J connectivity index is 1.90. The molecule has 5 nitrogen and oxygen atoms in total. The predicted molar refractivity (Wildman–Crippen MR) is 102 cm³/mol. The van der Waals surface area contributed by atoms with Crippen molar-refractivity contribution in [2.45, 2.75) is 32.7 Å². The van der Waals surface area contributed by atoms with E-state index in [-0.39, 0.29) is 6.04 Å². The minimum atomic E-state index is 0.0222. The lowest BCUT2D eigenvalue weighted by molar-refractivity contribution is -0.110. The van der Waals surface area contributed by atoms with E-state index in [1.807, 2.05) is 12.1 Å². The summed E-state index contributed by atoms with van der Waals surface area (Å²) in [4.78, 5) is 15.8. The Bertz CT molecular complexity index is 498. The van der Waals surface area contributed by atoms with Crippen molar-refractivity contribution in [1.82, 2.24) is 15.1 Å². The van der Waals surface area contributed by atoms with Crippen molar-refractivity contribution in [2.75, 3.05) is 46.4 Å². The van der Waals surface area contributed by atoms with Crippen molar-refractivity contribution >= 4 is 6.41 Å². The molecule has 0 bridgehead atoms. The van der Waals surface area contributed by atoms with Crippen LogP contribution in [-0.4, -0.2) is 62.6 Å². The molecule has 1 aliphatic rings. The smallest absolute Gasteiger partial charge is 0.207 e. The van der Waals surface area contributed by atoms with Crippen LogP contribution in [0.15, 0.2) is 24.3 Å². The number of likely N-dealkylation sites (N-methyl/N-ethyl adjacent to an activating group) is 1. The van der Waals surface area contributed by atoms with Crippen LogP contribution in [0.25, 0.3) is 0 Å². The molecule has 1 N–H and O–H groups in total. The summed E-state index contributed by atoms with van der Waals surface area (Å²) in [5.41, 5.74) is 1.12. The second kappa shape index (κ2) is 10.4. The van der Waals surface area contributed by atoms with E-state index in [0.29, 0.717) is 5.92 Å². The molecule has 1 unspecified atom stereocenters. The Hall–Kier alpha value is -1.59. The van der Waals surface area contributed by atoms with Gasteiger partial charge in [0.05, 0.1) is 12.6 Å². The summed E-state index contributed by atoms with van der Waals surface area (Å²) in [5.74, 6) is 1.47. The number of piperazine rings is 1. The summed E-state index contributed by atoms with van der Waals surface area (Å²) in [5, 5.41) is 2.97. The van der Waals surface area contributed by atoms with Gasteiger partial charge in [-0.2, -0.15) is 0 Å². The quantitative estimate of drug-likeness (QED) is 0.661. The van der Waals surface area contributed by atoms with Gasteiger partial charge in [0.1, 0.15) is 5.75 Å². The molecule has 1 heterocycles. The van der Waals surface area contributed by atoms with E-state index < -0.39 is 0 Å². The van der Waals surface area contributed by atoms with E-state index in [1.54, 1.807) is 0 Å². The van der Waals surface area contributed by atoms with Crippen LogP contribution in [0.4, 0.5) is 0 Å². The fourth-order valence-corrected chi connectivity index (χ4v) is 3.24. The van der Waals surface area contributed by atoms with Crippen LogP contribution in [0.3, 0.4) is 0 Å². The monoisotopic (exact) mass is 347 g/mol. The molecule has 1 aromatic rings. The molecule has 140 valence electrons. The molecule has 1 aromatic carbocycles. The first kappa shape index (κ1) is 19.7. The van der Waals surface area contributed by atoms with Crippen LogP contribution < -0.4 is 10.1 Å². The van der Waals surface area contributed by atoms with E-state index >= 15 is 0 Å². The summed E-state index contributed by atoms with van der Waals surface area (Å²) >= 11 is 0. The lowest BCUT2D eigenvalue weighted by Gasteiger charge is -2.34. The van der Waals surface area contributed by atoms with E-state index in [0.717, 1.165) is 57.1 Å². The Morgan fingerprint density at radius 1 is 1.20 bits per heavy atom. The van der Waals surface area contributed by atoms with Gasteiger partial charge in [0, 0.05) is 32.7 Å². The number of nitrogens with zero attached hydrogens (tertiary/aromatic N) is 2. The number of hydrogen-bond donors (Lipinski definition) is 1. The minimum absolute atomic E-state index is 0.0222. The molecule has 5 heteroatoms. The van der Waals surface area contributed by atoms with Crippen molar-refractivity contribution in [3.05, 3.63) is 29.8 Å². The average molecular weight is 348 g/mol. The third kappa shape index (κ3) is 6.67. The average Bonchev–Trinajstić information content (AvgIpc) is 2.62. The number of hydrogen-bond acceptors (Lipinski definition) is 4. The first-order chi connectivity index (χ1) is 12.1. The molecule has 2 atom stereocenters. The number of carbonyl (C=O) groups is 1. The predicted octanol–water partition coefficient (Wildman–Crippen LogP) is 2.54. The van der Waals surface area contributed by atoms with Crippen LogP contribution in [0, 0.1) is 5.92 Å². The number of benzene rings is 1. The summed E-state index contributed by atoms with van der Waals surface area (Å²) in [6.07, 6.45) is 3.18. The molecule has 1 saturated heterocycles. The Labute approximate surface area is 152 Å².